The lowest BCUT2D eigenvalue weighted by molar-refractivity contribution is -0.159. The van der Waals surface area contributed by atoms with Gasteiger partial charge in [-0.3, -0.25) is 9.59 Å². The Bertz CT molecular complexity index is 514. The van der Waals surface area contributed by atoms with Gasteiger partial charge in [0.15, 0.2) is 0 Å². The highest BCUT2D eigenvalue weighted by Gasteiger charge is 2.30. The maximum Gasteiger partial charge on any atom is 0.306 e. The van der Waals surface area contributed by atoms with E-state index in [1.54, 1.807) is 0 Å². The van der Waals surface area contributed by atoms with Crippen molar-refractivity contribution in [1.29, 1.82) is 0 Å². The third-order valence-corrected chi connectivity index (χ3v) is 7.99. The summed E-state index contributed by atoms with van der Waals surface area (Å²) in [4.78, 5) is 24.5. The van der Waals surface area contributed by atoms with E-state index >= 15 is 0 Å². The molecule has 0 aromatic heterocycles. The fourth-order valence-corrected chi connectivity index (χ4v) is 5.13. The summed E-state index contributed by atoms with van der Waals surface area (Å²) in [7, 11) is 0. The lowest BCUT2D eigenvalue weighted by atomic mass is 9.72. The van der Waals surface area contributed by atoms with Crippen molar-refractivity contribution in [2.24, 2.45) is 23.7 Å². The highest BCUT2D eigenvalue weighted by molar-refractivity contribution is 5.70. The Labute approximate surface area is 191 Å². The summed E-state index contributed by atoms with van der Waals surface area (Å²) in [6.45, 7) is 12.1. The van der Waals surface area contributed by atoms with Crippen LogP contribution in [-0.4, -0.2) is 23.1 Å². The minimum atomic E-state index is -0.337. The third-order valence-electron chi connectivity index (χ3n) is 7.99. The second-order valence-electron chi connectivity index (χ2n) is 11.6. The summed E-state index contributed by atoms with van der Waals surface area (Å²) in [6, 6.07) is 0. The Kier molecular flexibility index (Phi) is 9.89. The zero-order chi connectivity index (χ0) is 23.1. The highest BCUT2D eigenvalue weighted by Crippen LogP contribution is 2.40. The minimum absolute atomic E-state index is 0.0190. The van der Waals surface area contributed by atoms with E-state index in [-0.39, 0.29) is 23.1 Å². The monoisotopic (exact) mass is 436 g/mol. The van der Waals surface area contributed by atoms with Crippen LogP contribution in [0.1, 0.15) is 125 Å². The minimum Gasteiger partial charge on any atom is -0.460 e. The van der Waals surface area contributed by atoms with Crippen molar-refractivity contribution in [3.05, 3.63) is 0 Å². The van der Waals surface area contributed by atoms with Gasteiger partial charge in [0.1, 0.15) is 11.2 Å². The number of ether oxygens (including phenoxy) is 2. The average Bonchev–Trinajstić information content (AvgIpc) is 2.70. The maximum atomic E-state index is 12.2. The third kappa shape index (κ3) is 9.53. The summed E-state index contributed by atoms with van der Waals surface area (Å²) >= 11 is 0. The van der Waals surface area contributed by atoms with E-state index in [0.717, 1.165) is 24.7 Å². The molecule has 0 amide bonds. The molecule has 2 rings (SSSR count). The van der Waals surface area contributed by atoms with E-state index < -0.39 is 0 Å². The fraction of sp³-hybridized carbons (Fsp3) is 0.926. The van der Waals surface area contributed by atoms with Crippen molar-refractivity contribution in [2.45, 2.75) is 136 Å². The topological polar surface area (TPSA) is 52.6 Å². The molecule has 0 aromatic carbocycles. The van der Waals surface area contributed by atoms with Crippen LogP contribution in [0.15, 0.2) is 0 Å². The molecule has 2 aliphatic rings. The van der Waals surface area contributed by atoms with Crippen LogP contribution in [0, 0.1) is 23.7 Å². The molecule has 0 heterocycles. The first-order chi connectivity index (χ1) is 14.5. The van der Waals surface area contributed by atoms with E-state index in [1.165, 1.54) is 57.8 Å². The molecule has 0 N–H and O–H groups in total. The van der Waals surface area contributed by atoms with Gasteiger partial charge in [-0.2, -0.15) is 0 Å². The molecule has 0 atom stereocenters. The van der Waals surface area contributed by atoms with Crippen LogP contribution >= 0.6 is 0 Å². The molecule has 0 spiro atoms. The van der Waals surface area contributed by atoms with Gasteiger partial charge in [0, 0.05) is 12.8 Å². The largest absolute Gasteiger partial charge is 0.460 e. The van der Waals surface area contributed by atoms with Crippen molar-refractivity contribution < 1.29 is 19.1 Å². The molecule has 180 valence electrons. The maximum absolute atomic E-state index is 12.2. The number of hydrogen-bond donors (Lipinski definition) is 0. The molecule has 0 unspecified atom stereocenters. The Morgan fingerprint density at radius 1 is 0.613 bits per heavy atom. The second-order valence-corrected chi connectivity index (χ2v) is 11.6. The van der Waals surface area contributed by atoms with E-state index in [1.807, 2.05) is 27.7 Å². The number of carbonyl (C=O) groups is 2. The normalized spacial score (nSPS) is 27.5. The van der Waals surface area contributed by atoms with Crippen LogP contribution in [0.3, 0.4) is 0 Å². The summed E-state index contributed by atoms with van der Waals surface area (Å²) < 4.78 is 11.3. The van der Waals surface area contributed by atoms with Gasteiger partial charge in [0.05, 0.1) is 0 Å². The van der Waals surface area contributed by atoms with Crippen LogP contribution in [0.4, 0.5) is 0 Å². The Morgan fingerprint density at radius 2 is 0.903 bits per heavy atom. The first-order valence-electron chi connectivity index (χ1n) is 13.0. The summed E-state index contributed by atoms with van der Waals surface area (Å²) in [5, 5.41) is 0. The Hall–Kier alpha value is -1.06. The number of esters is 2. The van der Waals surface area contributed by atoms with Crippen molar-refractivity contribution in [3.63, 3.8) is 0 Å². The number of hydrogen-bond acceptors (Lipinski definition) is 4. The van der Waals surface area contributed by atoms with Crippen LogP contribution in [0.25, 0.3) is 0 Å². The van der Waals surface area contributed by atoms with E-state index in [2.05, 4.69) is 13.8 Å². The van der Waals surface area contributed by atoms with Gasteiger partial charge in [0.2, 0.25) is 0 Å². The standard InChI is InChI=1S/C27H48O4/c1-7-26(3,4)30-24(28)18-22-13-9-20(10-14-22)17-21-11-15-23(16-12-21)19-25(29)31-27(5,6)8-2/h20-23H,7-19H2,1-6H3. The SMILES string of the molecule is CCC(C)(C)OC(=O)CC1CCC(CC2CCC(CC(=O)OC(C)(C)CC)CC2)CC1. The number of carbonyl (C=O) groups excluding carboxylic acids is 2. The quantitative estimate of drug-likeness (QED) is 0.339. The molecule has 0 bridgehead atoms. The van der Waals surface area contributed by atoms with Gasteiger partial charge in [-0.15, -0.1) is 0 Å². The Morgan fingerprint density at radius 3 is 1.19 bits per heavy atom. The Balaban J connectivity index is 1.62. The first-order valence-corrected chi connectivity index (χ1v) is 13.0. The van der Waals surface area contributed by atoms with Gasteiger partial charge in [-0.05, 0) is 96.3 Å². The summed E-state index contributed by atoms with van der Waals surface area (Å²) in [5.74, 6) is 2.60. The molecule has 4 heteroatoms. The molecule has 2 saturated carbocycles. The summed E-state index contributed by atoms with van der Waals surface area (Å²) in [5.41, 5.74) is -0.674. The average molecular weight is 437 g/mol. The predicted molar refractivity (Wildman–Crippen MR) is 126 cm³/mol. The molecule has 0 radical (unpaired) electrons. The van der Waals surface area contributed by atoms with Gasteiger partial charge >= 0.3 is 11.9 Å². The lowest BCUT2D eigenvalue weighted by Gasteiger charge is -2.34. The van der Waals surface area contributed by atoms with Crippen LogP contribution in [-0.2, 0) is 19.1 Å². The highest BCUT2D eigenvalue weighted by atomic mass is 16.6. The molecular formula is C27H48O4. The van der Waals surface area contributed by atoms with Crippen LogP contribution in [0.2, 0.25) is 0 Å². The van der Waals surface area contributed by atoms with Crippen molar-refractivity contribution in [1.82, 2.24) is 0 Å². The fourth-order valence-electron chi connectivity index (χ4n) is 5.13. The molecule has 0 aromatic rings. The summed E-state index contributed by atoms with van der Waals surface area (Å²) in [6.07, 6.45) is 13.9. The predicted octanol–water partition coefficient (Wildman–Crippen LogP) is 7.23. The van der Waals surface area contributed by atoms with Gasteiger partial charge in [-0.1, -0.05) is 39.5 Å². The molecule has 4 nitrogen and oxygen atoms in total. The zero-order valence-corrected chi connectivity index (χ0v) is 21.1. The smallest absolute Gasteiger partial charge is 0.306 e. The van der Waals surface area contributed by atoms with Crippen LogP contribution in [0.5, 0.6) is 0 Å². The second kappa shape index (κ2) is 11.7. The zero-order valence-electron chi connectivity index (χ0n) is 21.1. The first kappa shape index (κ1) is 26.2. The number of rotatable bonds is 10. The van der Waals surface area contributed by atoms with Gasteiger partial charge < -0.3 is 9.47 Å². The molecule has 31 heavy (non-hydrogen) atoms. The molecule has 0 aliphatic heterocycles. The van der Waals surface area contributed by atoms with E-state index in [0.29, 0.717) is 24.7 Å². The van der Waals surface area contributed by atoms with Gasteiger partial charge in [0.25, 0.3) is 0 Å². The van der Waals surface area contributed by atoms with E-state index in [9.17, 15) is 9.59 Å². The molecule has 0 saturated heterocycles. The molecule has 2 fully saturated rings. The van der Waals surface area contributed by atoms with Crippen molar-refractivity contribution >= 4 is 11.9 Å². The van der Waals surface area contributed by atoms with Crippen molar-refractivity contribution in [2.75, 3.05) is 0 Å². The molecular weight excluding hydrogens is 388 g/mol. The molecule has 2 aliphatic carbocycles. The van der Waals surface area contributed by atoms with Crippen molar-refractivity contribution in [3.8, 4) is 0 Å². The van der Waals surface area contributed by atoms with Gasteiger partial charge in [-0.25, -0.2) is 0 Å². The van der Waals surface area contributed by atoms with Crippen LogP contribution < -0.4 is 0 Å². The van der Waals surface area contributed by atoms with E-state index in [4.69, 9.17) is 9.47 Å². The lowest BCUT2D eigenvalue weighted by Crippen LogP contribution is -2.29.